The molecule has 9 heteroatoms. The van der Waals surface area contributed by atoms with Crippen molar-refractivity contribution in [3.05, 3.63) is 46.1 Å². The second-order valence-corrected chi connectivity index (χ2v) is 8.23. The monoisotopic (exact) mass is 445 g/mol. The number of hydrogen-bond acceptors (Lipinski definition) is 8. The van der Waals surface area contributed by atoms with E-state index in [2.05, 4.69) is 10.3 Å². The number of carbonyl (C=O) groups is 2. The molecule has 0 saturated carbocycles. The average Bonchev–Trinajstić information content (AvgIpc) is 3.12. The van der Waals surface area contributed by atoms with Crippen molar-refractivity contribution in [1.82, 2.24) is 10.2 Å². The van der Waals surface area contributed by atoms with Crippen LogP contribution in [0.3, 0.4) is 0 Å². The van der Waals surface area contributed by atoms with Crippen molar-refractivity contribution in [2.24, 2.45) is 4.99 Å². The molecule has 8 nitrogen and oxygen atoms in total. The number of nitrogens with zero attached hydrogens (tertiary/aromatic N) is 2. The van der Waals surface area contributed by atoms with Crippen LogP contribution in [0.4, 0.5) is 0 Å². The maximum atomic E-state index is 12.8. The van der Waals surface area contributed by atoms with Gasteiger partial charge in [-0.05, 0) is 44.4 Å². The molecule has 2 aliphatic rings. The number of carbonyl (C=O) groups excluding carboxylic acids is 2. The van der Waals surface area contributed by atoms with E-state index in [1.807, 2.05) is 30.2 Å². The van der Waals surface area contributed by atoms with E-state index in [-0.39, 0.29) is 18.4 Å². The summed E-state index contributed by atoms with van der Waals surface area (Å²) in [5.41, 5.74) is 2.40. The molecular weight excluding hydrogens is 418 g/mol. The zero-order valence-corrected chi connectivity index (χ0v) is 19.3. The van der Waals surface area contributed by atoms with Gasteiger partial charge in [0.15, 0.2) is 5.17 Å². The Labute approximate surface area is 186 Å². The van der Waals surface area contributed by atoms with Crippen LogP contribution in [0, 0.1) is 0 Å². The Bertz CT molecular complexity index is 983. The number of aliphatic imine (C=N–C) groups is 1. The summed E-state index contributed by atoms with van der Waals surface area (Å²) in [7, 11) is 4.49. The largest absolute Gasteiger partial charge is 0.497 e. The molecular formula is C22H27N3O5S. The topological polar surface area (TPSA) is 89.5 Å². The number of allylic oxidation sites excluding steroid dienone is 1. The van der Waals surface area contributed by atoms with Gasteiger partial charge in [0.1, 0.15) is 11.5 Å². The number of ether oxygens (including phenoxy) is 3. The Morgan fingerprint density at radius 1 is 1.23 bits per heavy atom. The van der Waals surface area contributed by atoms with E-state index in [1.165, 1.54) is 18.9 Å². The summed E-state index contributed by atoms with van der Waals surface area (Å²) in [6.45, 7) is 5.60. The van der Waals surface area contributed by atoms with E-state index in [0.29, 0.717) is 33.5 Å². The first-order chi connectivity index (χ1) is 14.8. The molecule has 1 unspecified atom stereocenters. The van der Waals surface area contributed by atoms with Crippen molar-refractivity contribution >= 4 is 28.8 Å². The number of hydrogen-bond donors (Lipinski definition) is 1. The predicted octanol–water partition coefficient (Wildman–Crippen LogP) is 3.37. The molecule has 2 aliphatic heterocycles. The maximum absolute atomic E-state index is 12.8. The molecule has 31 heavy (non-hydrogen) atoms. The van der Waals surface area contributed by atoms with Crippen LogP contribution in [0.25, 0.3) is 0 Å². The first-order valence-corrected chi connectivity index (χ1v) is 10.7. The van der Waals surface area contributed by atoms with Gasteiger partial charge < -0.3 is 24.4 Å². The van der Waals surface area contributed by atoms with Crippen LogP contribution in [0.15, 0.2) is 45.6 Å². The molecule has 0 aliphatic carbocycles. The third-order valence-corrected chi connectivity index (χ3v) is 5.82. The Morgan fingerprint density at radius 2 is 1.97 bits per heavy atom. The summed E-state index contributed by atoms with van der Waals surface area (Å²) in [5.74, 6) is 0.615. The van der Waals surface area contributed by atoms with Gasteiger partial charge in [0.25, 0.3) is 0 Å². The lowest BCUT2D eigenvalue weighted by Gasteiger charge is -2.36. The van der Waals surface area contributed by atoms with Gasteiger partial charge in [0.05, 0.1) is 45.1 Å². The number of nitrogens with one attached hydrogen (secondary N) is 1. The molecule has 166 valence electrons. The number of methoxy groups -OCH3 is 3. The minimum absolute atomic E-state index is 0.0266. The molecule has 0 saturated heterocycles. The Morgan fingerprint density at radius 3 is 2.58 bits per heavy atom. The summed E-state index contributed by atoms with van der Waals surface area (Å²) in [5, 5.41) is 5.49. The highest BCUT2D eigenvalue weighted by atomic mass is 32.2. The summed E-state index contributed by atoms with van der Waals surface area (Å²) in [6.07, 6.45) is 0.153. The van der Waals surface area contributed by atoms with E-state index in [4.69, 9.17) is 14.2 Å². The number of esters is 1. The molecule has 1 aromatic carbocycles. The van der Waals surface area contributed by atoms with Crippen LogP contribution >= 0.6 is 11.8 Å². The van der Waals surface area contributed by atoms with Crippen LogP contribution in [-0.2, 0) is 14.3 Å². The number of benzene rings is 1. The van der Waals surface area contributed by atoms with E-state index < -0.39 is 12.0 Å². The van der Waals surface area contributed by atoms with E-state index in [9.17, 15) is 9.59 Å². The molecule has 0 aromatic heterocycles. The zero-order valence-electron chi connectivity index (χ0n) is 18.5. The summed E-state index contributed by atoms with van der Waals surface area (Å²) in [6, 6.07) is 4.86. The predicted molar refractivity (Wildman–Crippen MR) is 120 cm³/mol. The summed E-state index contributed by atoms with van der Waals surface area (Å²) < 4.78 is 16.1. The summed E-state index contributed by atoms with van der Waals surface area (Å²) in [4.78, 5) is 31.9. The molecule has 1 atom stereocenters. The third-order valence-electron chi connectivity index (χ3n) is 4.93. The lowest BCUT2D eigenvalue weighted by atomic mass is 9.93. The molecule has 0 bridgehead atoms. The molecule has 3 rings (SSSR count). The van der Waals surface area contributed by atoms with Gasteiger partial charge in [-0.25, -0.2) is 9.79 Å². The fourth-order valence-electron chi connectivity index (χ4n) is 3.63. The van der Waals surface area contributed by atoms with Crippen molar-refractivity contribution < 1.29 is 23.8 Å². The highest BCUT2D eigenvalue weighted by Crippen LogP contribution is 2.47. The van der Waals surface area contributed by atoms with Gasteiger partial charge in [-0.2, -0.15) is 0 Å². The number of fused-ring (bicyclic) bond motifs is 1. The smallest absolute Gasteiger partial charge is 0.338 e. The van der Waals surface area contributed by atoms with Gasteiger partial charge in [-0.3, -0.25) is 4.79 Å². The van der Waals surface area contributed by atoms with E-state index in [0.717, 1.165) is 5.70 Å². The fraction of sp³-hybridized carbons (Fsp3) is 0.409. The Hall–Kier alpha value is -2.94. The van der Waals surface area contributed by atoms with Gasteiger partial charge in [0, 0.05) is 17.3 Å². The standard InChI is InChI=1S/C22H27N3O5S/c1-12(2)23-18(26)9-14-11-31-22-24-13(3)19(21(27)30-6)20(25(14)22)16-10-15(28-4)7-8-17(16)29-5/h7-8,10-12,20H,9H2,1-6H3,(H,23,26). The van der Waals surface area contributed by atoms with E-state index >= 15 is 0 Å². The quantitative estimate of drug-likeness (QED) is 0.644. The molecule has 0 spiro atoms. The van der Waals surface area contributed by atoms with Crippen molar-refractivity contribution in [3.63, 3.8) is 0 Å². The van der Waals surface area contributed by atoms with Crippen molar-refractivity contribution in [2.45, 2.75) is 39.3 Å². The van der Waals surface area contributed by atoms with Crippen LogP contribution in [0.2, 0.25) is 0 Å². The normalized spacial score (nSPS) is 17.8. The van der Waals surface area contributed by atoms with Gasteiger partial charge in [-0.15, -0.1) is 0 Å². The van der Waals surface area contributed by atoms with Crippen LogP contribution < -0.4 is 14.8 Å². The third kappa shape index (κ3) is 4.56. The van der Waals surface area contributed by atoms with Gasteiger partial charge in [-0.1, -0.05) is 11.8 Å². The van der Waals surface area contributed by atoms with E-state index in [1.54, 1.807) is 33.3 Å². The lowest BCUT2D eigenvalue weighted by Crippen LogP contribution is -2.38. The number of thioether (sulfide) groups is 1. The molecule has 2 heterocycles. The molecule has 1 N–H and O–H groups in total. The van der Waals surface area contributed by atoms with Crippen LogP contribution in [-0.4, -0.2) is 49.3 Å². The molecule has 1 amide bonds. The molecule has 1 aromatic rings. The zero-order chi connectivity index (χ0) is 22.7. The number of rotatable bonds is 7. The molecule has 0 fully saturated rings. The number of amidine groups is 1. The van der Waals surface area contributed by atoms with Gasteiger partial charge in [0.2, 0.25) is 5.91 Å². The first-order valence-electron chi connectivity index (χ1n) is 9.84. The second kappa shape index (κ2) is 9.47. The Kier molecular flexibility index (Phi) is 6.94. The highest BCUT2D eigenvalue weighted by molar-refractivity contribution is 8.16. The first kappa shape index (κ1) is 22.7. The minimum atomic E-state index is -0.585. The Balaban J connectivity index is 2.13. The lowest BCUT2D eigenvalue weighted by molar-refractivity contribution is -0.136. The summed E-state index contributed by atoms with van der Waals surface area (Å²) >= 11 is 1.42. The number of amides is 1. The van der Waals surface area contributed by atoms with Crippen LogP contribution in [0.5, 0.6) is 11.5 Å². The maximum Gasteiger partial charge on any atom is 0.338 e. The highest BCUT2D eigenvalue weighted by Gasteiger charge is 2.42. The second-order valence-electron chi connectivity index (χ2n) is 7.39. The van der Waals surface area contributed by atoms with Crippen molar-refractivity contribution in [1.29, 1.82) is 0 Å². The van der Waals surface area contributed by atoms with Crippen molar-refractivity contribution in [3.8, 4) is 11.5 Å². The molecule has 0 radical (unpaired) electrons. The van der Waals surface area contributed by atoms with Crippen LogP contribution in [0.1, 0.15) is 38.8 Å². The average molecular weight is 446 g/mol. The fourth-order valence-corrected chi connectivity index (χ4v) is 4.59. The SMILES string of the molecule is COC(=O)C1=C(C)N=C2SC=C(CC(=O)NC(C)C)N2C1c1cc(OC)ccc1OC. The minimum Gasteiger partial charge on any atom is -0.497 e. The van der Waals surface area contributed by atoms with Crippen molar-refractivity contribution in [2.75, 3.05) is 21.3 Å². The van der Waals surface area contributed by atoms with Gasteiger partial charge >= 0.3 is 5.97 Å².